The first-order chi connectivity index (χ1) is 8.29. The van der Waals surface area contributed by atoms with Crippen LogP contribution in [0.4, 0.5) is 0 Å². The van der Waals surface area contributed by atoms with Crippen LogP contribution in [0.3, 0.4) is 0 Å². The molecule has 1 unspecified atom stereocenters. The smallest absolute Gasteiger partial charge is 0.0991 e. The van der Waals surface area contributed by atoms with Gasteiger partial charge in [-0.05, 0) is 44.1 Å². The maximum atomic E-state index is 8.71. The molecule has 1 saturated heterocycles. The summed E-state index contributed by atoms with van der Waals surface area (Å²) in [5, 5.41) is 12.2. The summed E-state index contributed by atoms with van der Waals surface area (Å²) in [7, 11) is 2.20. The molecule has 3 heteroatoms. The maximum absolute atomic E-state index is 8.71. The number of benzene rings is 1. The van der Waals surface area contributed by atoms with Gasteiger partial charge in [0.05, 0.1) is 11.6 Å². The van der Waals surface area contributed by atoms with Crippen LogP contribution in [0.1, 0.15) is 24.0 Å². The van der Waals surface area contributed by atoms with Crippen molar-refractivity contribution < 1.29 is 0 Å². The summed E-state index contributed by atoms with van der Waals surface area (Å²) < 4.78 is 0. The zero-order chi connectivity index (χ0) is 12.1. The number of nitrogens with one attached hydrogen (secondary N) is 1. The molecule has 90 valence electrons. The third-order valence-electron chi connectivity index (χ3n) is 3.46. The molecule has 2 rings (SSSR count). The van der Waals surface area contributed by atoms with Crippen LogP contribution in [0.2, 0.25) is 0 Å². The molecule has 1 atom stereocenters. The van der Waals surface area contributed by atoms with Crippen LogP contribution >= 0.6 is 0 Å². The van der Waals surface area contributed by atoms with Crippen molar-refractivity contribution in [3.8, 4) is 6.07 Å². The first-order valence-electron chi connectivity index (χ1n) is 6.19. The van der Waals surface area contributed by atoms with Crippen molar-refractivity contribution in [2.75, 3.05) is 20.1 Å². The molecule has 0 aliphatic carbocycles. The summed E-state index contributed by atoms with van der Waals surface area (Å²) in [4.78, 5) is 2.42. The van der Waals surface area contributed by atoms with Gasteiger partial charge in [0.2, 0.25) is 0 Å². The fraction of sp³-hybridized carbons (Fsp3) is 0.500. The van der Waals surface area contributed by atoms with E-state index < -0.39 is 0 Å². The molecule has 3 nitrogen and oxygen atoms in total. The lowest BCUT2D eigenvalue weighted by Crippen LogP contribution is -2.35. The summed E-state index contributed by atoms with van der Waals surface area (Å²) in [6.07, 6.45) is 2.62. The van der Waals surface area contributed by atoms with Crippen LogP contribution in [-0.2, 0) is 6.54 Å². The minimum Gasteiger partial charge on any atom is -0.311 e. The van der Waals surface area contributed by atoms with E-state index >= 15 is 0 Å². The Bertz CT molecular complexity index is 391. The molecule has 0 amide bonds. The number of likely N-dealkylation sites (tertiary alicyclic amines) is 1. The second-order valence-electron chi connectivity index (χ2n) is 4.72. The summed E-state index contributed by atoms with van der Waals surface area (Å²) in [5.74, 6) is 0. The molecule has 1 aromatic carbocycles. The second-order valence-corrected chi connectivity index (χ2v) is 4.72. The lowest BCUT2D eigenvalue weighted by atomic mass is 10.1. The van der Waals surface area contributed by atoms with Gasteiger partial charge in [0.15, 0.2) is 0 Å². The van der Waals surface area contributed by atoms with E-state index in [1.165, 1.54) is 24.9 Å². The summed E-state index contributed by atoms with van der Waals surface area (Å²) in [6.45, 7) is 3.16. The van der Waals surface area contributed by atoms with Crippen molar-refractivity contribution >= 4 is 0 Å². The molecule has 1 N–H and O–H groups in total. The van der Waals surface area contributed by atoms with E-state index in [0.717, 1.165) is 18.7 Å². The van der Waals surface area contributed by atoms with Crippen LogP contribution in [0.25, 0.3) is 0 Å². The van der Waals surface area contributed by atoms with Crippen LogP contribution in [-0.4, -0.2) is 31.1 Å². The molecule has 1 aromatic rings. The standard InChI is InChI=1S/C14H19N3/c1-17-8-2-3-14(17)11-16-10-13-6-4-12(9-15)5-7-13/h4-7,14,16H,2-3,8,10-11H2,1H3. The van der Waals surface area contributed by atoms with E-state index in [1.807, 2.05) is 24.3 Å². The van der Waals surface area contributed by atoms with Crippen LogP contribution in [0, 0.1) is 11.3 Å². The Hall–Kier alpha value is -1.37. The SMILES string of the molecule is CN1CCCC1CNCc1ccc(C#N)cc1. The van der Waals surface area contributed by atoms with E-state index in [9.17, 15) is 0 Å². The fourth-order valence-electron chi connectivity index (χ4n) is 2.32. The van der Waals surface area contributed by atoms with Gasteiger partial charge < -0.3 is 10.2 Å². The van der Waals surface area contributed by atoms with Gasteiger partial charge in [-0.2, -0.15) is 5.26 Å². The van der Waals surface area contributed by atoms with Crippen molar-refractivity contribution in [2.45, 2.75) is 25.4 Å². The third-order valence-corrected chi connectivity index (χ3v) is 3.46. The highest BCUT2D eigenvalue weighted by atomic mass is 15.2. The van der Waals surface area contributed by atoms with Gasteiger partial charge in [-0.1, -0.05) is 12.1 Å². The topological polar surface area (TPSA) is 39.1 Å². The van der Waals surface area contributed by atoms with Gasteiger partial charge in [0.1, 0.15) is 0 Å². The summed E-state index contributed by atoms with van der Waals surface area (Å²) >= 11 is 0. The van der Waals surface area contributed by atoms with Crippen molar-refractivity contribution in [2.24, 2.45) is 0 Å². The number of nitriles is 1. The Morgan fingerprint density at radius 1 is 1.41 bits per heavy atom. The first-order valence-corrected chi connectivity index (χ1v) is 6.19. The summed E-state index contributed by atoms with van der Waals surface area (Å²) in [5.41, 5.74) is 1.97. The van der Waals surface area contributed by atoms with Gasteiger partial charge in [0.25, 0.3) is 0 Å². The van der Waals surface area contributed by atoms with Crippen LogP contribution in [0.15, 0.2) is 24.3 Å². The average Bonchev–Trinajstić information content (AvgIpc) is 2.76. The molecule has 0 radical (unpaired) electrons. The highest BCUT2D eigenvalue weighted by Gasteiger charge is 2.19. The highest BCUT2D eigenvalue weighted by molar-refractivity contribution is 5.31. The lowest BCUT2D eigenvalue weighted by molar-refractivity contribution is 0.300. The Kier molecular flexibility index (Phi) is 4.13. The predicted molar refractivity (Wildman–Crippen MR) is 68.5 cm³/mol. The van der Waals surface area contributed by atoms with E-state index in [4.69, 9.17) is 5.26 Å². The quantitative estimate of drug-likeness (QED) is 0.855. The predicted octanol–water partition coefficient (Wildman–Crippen LogP) is 1.74. The molecule has 1 aliphatic heterocycles. The first kappa shape index (κ1) is 12.1. The Labute approximate surface area is 103 Å². The number of likely N-dealkylation sites (N-methyl/N-ethyl adjacent to an activating group) is 1. The van der Waals surface area contributed by atoms with E-state index in [-0.39, 0.29) is 0 Å². The molecule has 0 bridgehead atoms. The zero-order valence-electron chi connectivity index (χ0n) is 10.3. The van der Waals surface area contributed by atoms with Crippen molar-refractivity contribution in [3.63, 3.8) is 0 Å². The highest BCUT2D eigenvalue weighted by Crippen LogP contribution is 2.13. The monoisotopic (exact) mass is 229 g/mol. The van der Waals surface area contributed by atoms with Gasteiger partial charge in [-0.15, -0.1) is 0 Å². The molecule has 0 spiro atoms. The normalized spacial score (nSPS) is 20.4. The van der Waals surface area contributed by atoms with E-state index in [2.05, 4.69) is 23.3 Å². The second kappa shape index (κ2) is 5.81. The number of rotatable bonds is 4. The van der Waals surface area contributed by atoms with Gasteiger partial charge in [-0.3, -0.25) is 0 Å². The molecule has 1 fully saturated rings. The minimum absolute atomic E-state index is 0.688. The molecular weight excluding hydrogens is 210 g/mol. The molecule has 17 heavy (non-hydrogen) atoms. The Morgan fingerprint density at radius 3 is 2.76 bits per heavy atom. The van der Waals surface area contributed by atoms with Crippen LogP contribution in [0.5, 0.6) is 0 Å². The van der Waals surface area contributed by atoms with Gasteiger partial charge in [-0.25, -0.2) is 0 Å². The van der Waals surface area contributed by atoms with Gasteiger partial charge >= 0.3 is 0 Å². The zero-order valence-corrected chi connectivity index (χ0v) is 10.3. The van der Waals surface area contributed by atoms with Crippen molar-refractivity contribution in [1.82, 2.24) is 10.2 Å². The maximum Gasteiger partial charge on any atom is 0.0991 e. The van der Waals surface area contributed by atoms with Crippen molar-refractivity contribution in [1.29, 1.82) is 5.26 Å². The van der Waals surface area contributed by atoms with E-state index in [0.29, 0.717) is 6.04 Å². The lowest BCUT2D eigenvalue weighted by Gasteiger charge is -2.19. The van der Waals surface area contributed by atoms with Crippen molar-refractivity contribution in [3.05, 3.63) is 35.4 Å². The molecular formula is C14H19N3. The molecule has 1 heterocycles. The van der Waals surface area contributed by atoms with Gasteiger partial charge in [0, 0.05) is 19.1 Å². The number of nitrogens with zero attached hydrogens (tertiary/aromatic N) is 2. The Balaban J connectivity index is 1.76. The van der Waals surface area contributed by atoms with E-state index in [1.54, 1.807) is 0 Å². The van der Waals surface area contributed by atoms with Crippen LogP contribution < -0.4 is 5.32 Å². The third kappa shape index (κ3) is 3.29. The minimum atomic E-state index is 0.688. The molecule has 1 aliphatic rings. The number of hydrogen-bond acceptors (Lipinski definition) is 3. The Morgan fingerprint density at radius 2 is 2.18 bits per heavy atom. The summed E-state index contributed by atoms with van der Waals surface area (Å²) in [6, 6.07) is 10.6. The average molecular weight is 229 g/mol. The number of hydrogen-bond donors (Lipinski definition) is 1. The largest absolute Gasteiger partial charge is 0.311 e. The molecule has 0 saturated carbocycles. The fourth-order valence-corrected chi connectivity index (χ4v) is 2.32. The molecule has 0 aromatic heterocycles.